The van der Waals surface area contributed by atoms with Crippen LogP contribution in [0.5, 0.6) is 0 Å². The molecule has 0 radical (unpaired) electrons. The SMILES string of the molecule is CCOCCC1(N)CCC(CC)CC1. The Bertz CT molecular complexity index is 145. The summed E-state index contributed by atoms with van der Waals surface area (Å²) in [7, 11) is 0. The molecule has 0 bridgehead atoms. The first-order valence-corrected chi connectivity index (χ1v) is 6.07. The summed E-state index contributed by atoms with van der Waals surface area (Å²) in [5, 5.41) is 0. The van der Waals surface area contributed by atoms with Gasteiger partial charge in [-0.2, -0.15) is 0 Å². The van der Waals surface area contributed by atoms with E-state index in [0.29, 0.717) is 0 Å². The molecule has 0 aliphatic heterocycles. The van der Waals surface area contributed by atoms with Crippen LogP contribution < -0.4 is 5.73 Å². The lowest BCUT2D eigenvalue weighted by Gasteiger charge is -2.37. The van der Waals surface area contributed by atoms with Crippen LogP contribution in [0, 0.1) is 5.92 Å². The highest BCUT2D eigenvalue weighted by Gasteiger charge is 2.30. The molecular formula is C12H25NO. The summed E-state index contributed by atoms with van der Waals surface area (Å²) >= 11 is 0. The van der Waals surface area contributed by atoms with E-state index in [-0.39, 0.29) is 5.54 Å². The monoisotopic (exact) mass is 199 g/mol. The third kappa shape index (κ3) is 3.58. The van der Waals surface area contributed by atoms with E-state index in [4.69, 9.17) is 10.5 Å². The van der Waals surface area contributed by atoms with Gasteiger partial charge in [-0.15, -0.1) is 0 Å². The van der Waals surface area contributed by atoms with E-state index >= 15 is 0 Å². The fraction of sp³-hybridized carbons (Fsp3) is 1.00. The summed E-state index contributed by atoms with van der Waals surface area (Å²) in [4.78, 5) is 0. The summed E-state index contributed by atoms with van der Waals surface area (Å²) in [5.41, 5.74) is 6.42. The van der Waals surface area contributed by atoms with Gasteiger partial charge in [-0.25, -0.2) is 0 Å². The number of nitrogens with two attached hydrogens (primary N) is 1. The average Bonchev–Trinajstić information content (AvgIpc) is 2.19. The highest BCUT2D eigenvalue weighted by molar-refractivity contribution is 4.89. The molecule has 0 amide bonds. The third-order valence-corrected chi connectivity index (χ3v) is 3.63. The molecule has 0 aromatic rings. The Kier molecular flexibility index (Phi) is 4.90. The number of ether oxygens (including phenoxy) is 1. The summed E-state index contributed by atoms with van der Waals surface area (Å²) in [5.74, 6) is 0.929. The molecule has 1 saturated carbocycles. The molecule has 0 aromatic heterocycles. The zero-order chi connectivity index (χ0) is 10.4. The topological polar surface area (TPSA) is 35.2 Å². The van der Waals surface area contributed by atoms with Crippen LogP contribution in [0.25, 0.3) is 0 Å². The molecule has 1 aliphatic carbocycles. The lowest BCUT2D eigenvalue weighted by Crippen LogP contribution is -2.44. The van der Waals surface area contributed by atoms with Gasteiger partial charge in [0.2, 0.25) is 0 Å². The minimum atomic E-state index is 0.0842. The second-order valence-electron chi connectivity index (χ2n) is 4.66. The number of rotatable bonds is 5. The Morgan fingerprint density at radius 2 is 1.93 bits per heavy atom. The van der Waals surface area contributed by atoms with E-state index in [2.05, 4.69) is 6.92 Å². The molecule has 1 rings (SSSR count). The first-order chi connectivity index (χ1) is 6.70. The van der Waals surface area contributed by atoms with Crippen molar-refractivity contribution in [1.29, 1.82) is 0 Å². The normalized spacial score (nSPS) is 33.2. The van der Waals surface area contributed by atoms with E-state index in [1.165, 1.54) is 32.1 Å². The van der Waals surface area contributed by atoms with Gasteiger partial charge < -0.3 is 10.5 Å². The van der Waals surface area contributed by atoms with Crippen LogP contribution in [0.2, 0.25) is 0 Å². The molecule has 0 saturated heterocycles. The van der Waals surface area contributed by atoms with Crippen LogP contribution in [-0.4, -0.2) is 18.8 Å². The smallest absolute Gasteiger partial charge is 0.0483 e. The van der Waals surface area contributed by atoms with Gasteiger partial charge >= 0.3 is 0 Å². The molecule has 0 heterocycles. The fourth-order valence-electron chi connectivity index (χ4n) is 2.33. The van der Waals surface area contributed by atoms with Crippen molar-refractivity contribution < 1.29 is 4.74 Å². The maximum atomic E-state index is 6.34. The van der Waals surface area contributed by atoms with E-state index < -0.39 is 0 Å². The van der Waals surface area contributed by atoms with Crippen molar-refractivity contribution in [3.8, 4) is 0 Å². The third-order valence-electron chi connectivity index (χ3n) is 3.63. The second-order valence-corrected chi connectivity index (χ2v) is 4.66. The molecule has 1 aliphatic rings. The zero-order valence-corrected chi connectivity index (χ0v) is 9.72. The summed E-state index contributed by atoms with van der Waals surface area (Å²) < 4.78 is 5.37. The molecule has 2 heteroatoms. The minimum absolute atomic E-state index is 0.0842. The Morgan fingerprint density at radius 3 is 2.43 bits per heavy atom. The molecule has 1 fully saturated rings. The van der Waals surface area contributed by atoms with Crippen molar-refractivity contribution in [2.75, 3.05) is 13.2 Å². The van der Waals surface area contributed by atoms with Gasteiger partial charge in [0, 0.05) is 18.8 Å². The Morgan fingerprint density at radius 1 is 1.29 bits per heavy atom. The van der Waals surface area contributed by atoms with E-state index in [9.17, 15) is 0 Å². The van der Waals surface area contributed by atoms with Crippen molar-refractivity contribution in [3.63, 3.8) is 0 Å². The second kappa shape index (κ2) is 5.72. The quantitative estimate of drug-likeness (QED) is 0.691. The standard InChI is InChI=1S/C12H25NO/c1-3-11-5-7-12(13,8-6-11)9-10-14-4-2/h11H,3-10,13H2,1-2H3. The van der Waals surface area contributed by atoms with Crippen LogP contribution >= 0.6 is 0 Å². The molecule has 0 unspecified atom stereocenters. The lowest BCUT2D eigenvalue weighted by atomic mass is 9.75. The van der Waals surface area contributed by atoms with Crippen LogP contribution in [0.15, 0.2) is 0 Å². The Hall–Kier alpha value is -0.0800. The number of hydrogen-bond acceptors (Lipinski definition) is 2. The average molecular weight is 199 g/mol. The number of hydrogen-bond donors (Lipinski definition) is 1. The Balaban J connectivity index is 2.23. The highest BCUT2D eigenvalue weighted by Crippen LogP contribution is 2.33. The van der Waals surface area contributed by atoms with Crippen LogP contribution in [0.1, 0.15) is 52.4 Å². The van der Waals surface area contributed by atoms with Gasteiger partial charge in [0.15, 0.2) is 0 Å². The van der Waals surface area contributed by atoms with Crippen LogP contribution in [0.4, 0.5) is 0 Å². The molecular weight excluding hydrogens is 174 g/mol. The zero-order valence-electron chi connectivity index (χ0n) is 9.72. The lowest BCUT2D eigenvalue weighted by molar-refractivity contribution is 0.108. The molecule has 0 aromatic carbocycles. The minimum Gasteiger partial charge on any atom is -0.382 e. The van der Waals surface area contributed by atoms with Crippen molar-refractivity contribution >= 4 is 0 Å². The van der Waals surface area contributed by atoms with Gasteiger partial charge in [0.1, 0.15) is 0 Å². The fourth-order valence-corrected chi connectivity index (χ4v) is 2.33. The molecule has 14 heavy (non-hydrogen) atoms. The summed E-state index contributed by atoms with van der Waals surface area (Å²) in [6.07, 6.45) is 7.38. The molecule has 0 spiro atoms. The Labute approximate surface area is 88.2 Å². The van der Waals surface area contributed by atoms with Gasteiger partial charge in [-0.1, -0.05) is 13.3 Å². The molecule has 0 atom stereocenters. The van der Waals surface area contributed by atoms with Crippen molar-refractivity contribution in [2.24, 2.45) is 11.7 Å². The summed E-state index contributed by atoms with van der Waals surface area (Å²) in [6, 6.07) is 0. The summed E-state index contributed by atoms with van der Waals surface area (Å²) in [6.45, 7) is 5.98. The first-order valence-electron chi connectivity index (χ1n) is 6.07. The first kappa shape index (κ1) is 12.0. The largest absolute Gasteiger partial charge is 0.382 e. The highest BCUT2D eigenvalue weighted by atomic mass is 16.5. The van der Waals surface area contributed by atoms with Gasteiger partial charge in [0.25, 0.3) is 0 Å². The van der Waals surface area contributed by atoms with Crippen LogP contribution in [0.3, 0.4) is 0 Å². The predicted octanol–water partition coefficient (Wildman–Crippen LogP) is 2.71. The van der Waals surface area contributed by atoms with Crippen LogP contribution in [-0.2, 0) is 4.74 Å². The van der Waals surface area contributed by atoms with E-state index in [0.717, 1.165) is 25.6 Å². The molecule has 2 N–H and O–H groups in total. The van der Waals surface area contributed by atoms with Gasteiger partial charge in [0.05, 0.1) is 0 Å². The van der Waals surface area contributed by atoms with Crippen molar-refractivity contribution in [1.82, 2.24) is 0 Å². The maximum Gasteiger partial charge on any atom is 0.0483 e. The predicted molar refractivity (Wildman–Crippen MR) is 60.3 cm³/mol. The van der Waals surface area contributed by atoms with Crippen molar-refractivity contribution in [3.05, 3.63) is 0 Å². The van der Waals surface area contributed by atoms with E-state index in [1.807, 2.05) is 6.92 Å². The van der Waals surface area contributed by atoms with Gasteiger partial charge in [-0.3, -0.25) is 0 Å². The maximum absolute atomic E-state index is 6.34. The van der Waals surface area contributed by atoms with Gasteiger partial charge in [-0.05, 0) is 44.9 Å². The van der Waals surface area contributed by atoms with E-state index in [1.54, 1.807) is 0 Å². The van der Waals surface area contributed by atoms with Crippen molar-refractivity contribution in [2.45, 2.75) is 57.9 Å². The molecule has 2 nitrogen and oxygen atoms in total. The molecule has 84 valence electrons.